The Labute approximate surface area is 293 Å². The van der Waals surface area contributed by atoms with Crippen LogP contribution in [0.5, 0.6) is 0 Å². The highest BCUT2D eigenvalue weighted by molar-refractivity contribution is 7.19. The lowest BCUT2D eigenvalue weighted by molar-refractivity contribution is 0.660. The van der Waals surface area contributed by atoms with E-state index in [0.717, 1.165) is 55.3 Å². The number of anilines is 3. The van der Waals surface area contributed by atoms with E-state index in [1.165, 1.54) is 49.0 Å². The third-order valence-corrected chi connectivity index (χ3v) is 12.0. The SMILES string of the molecule is CC1(C)c2ccccc2-c2cc(N(c3ccc(-c4nc5c(s4)-c4cccc6cccc-5c46)cc3)c3ccc4oc5ccccc5c4c3)ccc21. The number of fused-ring (bicyclic) bond motifs is 9. The molecule has 3 nitrogen and oxygen atoms in total. The molecule has 0 N–H and O–H groups in total. The highest BCUT2D eigenvalue weighted by atomic mass is 32.1. The summed E-state index contributed by atoms with van der Waals surface area (Å²) in [5.41, 5.74) is 15.2. The molecule has 0 saturated heterocycles. The van der Waals surface area contributed by atoms with Crippen molar-refractivity contribution in [2.45, 2.75) is 19.3 Å². The Kier molecular flexibility index (Phi) is 5.61. The monoisotopic (exact) mass is 658 g/mol. The number of thiazole rings is 1. The van der Waals surface area contributed by atoms with E-state index in [2.05, 4.69) is 152 Å². The predicted molar refractivity (Wildman–Crippen MR) is 209 cm³/mol. The Hall–Kier alpha value is -5.97. The molecule has 0 saturated carbocycles. The van der Waals surface area contributed by atoms with Gasteiger partial charge in [-0.1, -0.05) is 98.8 Å². The van der Waals surface area contributed by atoms with Crippen molar-refractivity contribution < 1.29 is 4.42 Å². The summed E-state index contributed by atoms with van der Waals surface area (Å²) in [4.78, 5) is 8.85. The molecule has 2 aromatic heterocycles. The largest absolute Gasteiger partial charge is 0.456 e. The van der Waals surface area contributed by atoms with Crippen molar-refractivity contribution in [1.82, 2.24) is 4.98 Å². The first-order valence-corrected chi connectivity index (χ1v) is 17.9. The van der Waals surface area contributed by atoms with Gasteiger partial charge in [-0.3, -0.25) is 0 Å². The molecule has 0 fully saturated rings. The molecule has 0 amide bonds. The zero-order valence-electron chi connectivity index (χ0n) is 27.6. The standard InChI is InChI=1S/C46H30N2OS/c1-46(2)38-15-5-3-11-32(38)36-25-30(21-23-39(36)46)48(31-22-24-41-37(26-31)33-12-4-6-16-40(33)49-41)29-19-17-28(18-20-29)45-47-43-34-13-7-9-27-10-8-14-35(42(27)34)44(43)50-45/h3-26H,1-2H3. The highest BCUT2D eigenvalue weighted by Gasteiger charge is 2.35. The number of aromatic nitrogens is 1. The topological polar surface area (TPSA) is 29.3 Å². The van der Waals surface area contributed by atoms with E-state index in [0.29, 0.717) is 0 Å². The molecule has 2 heterocycles. The van der Waals surface area contributed by atoms with Gasteiger partial charge in [0, 0.05) is 49.9 Å². The fraction of sp³-hybridized carbons (Fsp3) is 0.0652. The summed E-state index contributed by atoms with van der Waals surface area (Å²) in [6.45, 7) is 4.67. The second-order valence-electron chi connectivity index (χ2n) is 14.0. The van der Waals surface area contributed by atoms with Crippen LogP contribution in [0.2, 0.25) is 0 Å². The van der Waals surface area contributed by atoms with E-state index in [4.69, 9.17) is 9.40 Å². The molecule has 0 atom stereocenters. The maximum absolute atomic E-state index is 6.23. The van der Waals surface area contributed by atoms with Crippen LogP contribution in [0, 0.1) is 0 Å². The van der Waals surface area contributed by atoms with Crippen molar-refractivity contribution in [2.75, 3.05) is 4.90 Å². The van der Waals surface area contributed by atoms with Gasteiger partial charge < -0.3 is 9.32 Å². The average Bonchev–Trinajstić information content (AvgIpc) is 3.89. The van der Waals surface area contributed by atoms with Gasteiger partial charge in [-0.05, 0) is 93.7 Å². The summed E-state index contributed by atoms with van der Waals surface area (Å²) in [6, 6.07) is 52.7. The van der Waals surface area contributed by atoms with Crippen molar-refractivity contribution in [3.8, 4) is 43.4 Å². The van der Waals surface area contributed by atoms with Crippen LogP contribution in [0.1, 0.15) is 25.0 Å². The van der Waals surface area contributed by atoms with E-state index < -0.39 is 0 Å². The Morgan fingerprint density at radius 3 is 2.12 bits per heavy atom. The fourth-order valence-corrected chi connectivity index (χ4v) is 9.55. The number of rotatable bonds is 4. The molecule has 0 spiro atoms. The summed E-state index contributed by atoms with van der Waals surface area (Å²) < 4.78 is 6.23. The summed E-state index contributed by atoms with van der Waals surface area (Å²) in [5, 5.41) is 5.88. The fourth-order valence-electron chi connectivity index (χ4n) is 8.44. The van der Waals surface area contributed by atoms with Crippen molar-refractivity contribution >= 4 is 61.1 Å². The third-order valence-electron chi connectivity index (χ3n) is 10.8. The molecule has 4 heteroatoms. The van der Waals surface area contributed by atoms with Crippen LogP contribution in [0.4, 0.5) is 17.1 Å². The minimum atomic E-state index is -0.0500. The molecule has 11 rings (SSSR count). The molecule has 0 unspecified atom stereocenters. The second-order valence-corrected chi connectivity index (χ2v) is 15.0. The van der Waals surface area contributed by atoms with Gasteiger partial charge in [0.1, 0.15) is 16.2 Å². The minimum absolute atomic E-state index is 0.0500. The molecule has 9 aromatic rings. The van der Waals surface area contributed by atoms with Crippen LogP contribution in [0.25, 0.3) is 76.1 Å². The van der Waals surface area contributed by atoms with Gasteiger partial charge in [-0.2, -0.15) is 0 Å². The molecule has 236 valence electrons. The predicted octanol–water partition coefficient (Wildman–Crippen LogP) is 13.3. The molecule has 2 aliphatic rings. The van der Waals surface area contributed by atoms with Gasteiger partial charge in [-0.15, -0.1) is 11.3 Å². The number of benzene rings is 7. The van der Waals surface area contributed by atoms with Crippen molar-refractivity contribution in [2.24, 2.45) is 0 Å². The summed E-state index contributed by atoms with van der Waals surface area (Å²) >= 11 is 1.79. The van der Waals surface area contributed by atoms with E-state index in [1.54, 1.807) is 11.3 Å². The van der Waals surface area contributed by atoms with Gasteiger partial charge in [0.25, 0.3) is 0 Å². The van der Waals surface area contributed by atoms with Crippen LogP contribution in [-0.4, -0.2) is 4.98 Å². The quantitative estimate of drug-likeness (QED) is 0.188. The van der Waals surface area contributed by atoms with Crippen LogP contribution in [0.3, 0.4) is 0 Å². The van der Waals surface area contributed by atoms with Crippen molar-refractivity contribution in [1.29, 1.82) is 0 Å². The van der Waals surface area contributed by atoms with Gasteiger partial charge in [0.05, 0.1) is 10.6 Å². The first-order chi connectivity index (χ1) is 24.5. The van der Waals surface area contributed by atoms with Crippen LogP contribution < -0.4 is 4.90 Å². The molecular weight excluding hydrogens is 629 g/mol. The van der Waals surface area contributed by atoms with E-state index in [9.17, 15) is 0 Å². The van der Waals surface area contributed by atoms with Gasteiger partial charge in [0.2, 0.25) is 0 Å². The van der Waals surface area contributed by atoms with E-state index >= 15 is 0 Å². The second kappa shape index (κ2) is 10.0. The maximum atomic E-state index is 6.23. The zero-order chi connectivity index (χ0) is 33.1. The average molecular weight is 659 g/mol. The molecule has 0 radical (unpaired) electrons. The highest BCUT2D eigenvalue weighted by Crippen LogP contribution is 2.53. The lowest BCUT2D eigenvalue weighted by atomic mass is 9.82. The van der Waals surface area contributed by atoms with Crippen LogP contribution in [0.15, 0.2) is 150 Å². The lowest BCUT2D eigenvalue weighted by Gasteiger charge is -2.27. The first kappa shape index (κ1) is 27.9. The molecule has 0 bridgehead atoms. The summed E-state index contributed by atoms with van der Waals surface area (Å²) in [5.74, 6) is 0. The summed E-state index contributed by atoms with van der Waals surface area (Å²) in [7, 11) is 0. The lowest BCUT2D eigenvalue weighted by Crippen LogP contribution is -2.15. The first-order valence-electron chi connectivity index (χ1n) is 17.1. The molecular formula is C46H30N2OS. The third kappa shape index (κ3) is 3.82. The maximum Gasteiger partial charge on any atom is 0.135 e. The Morgan fingerprint density at radius 2 is 1.24 bits per heavy atom. The number of hydrogen-bond acceptors (Lipinski definition) is 4. The number of hydrogen-bond donors (Lipinski definition) is 0. The Balaban J connectivity index is 1.05. The van der Waals surface area contributed by atoms with Crippen LogP contribution in [-0.2, 0) is 5.41 Å². The van der Waals surface area contributed by atoms with Gasteiger partial charge in [-0.25, -0.2) is 4.98 Å². The molecule has 50 heavy (non-hydrogen) atoms. The van der Waals surface area contributed by atoms with Crippen molar-refractivity contribution in [3.05, 3.63) is 157 Å². The molecule has 2 aliphatic carbocycles. The summed E-state index contributed by atoms with van der Waals surface area (Å²) in [6.07, 6.45) is 0. The number of para-hydroxylation sites is 1. The number of nitrogens with zero attached hydrogens (tertiary/aromatic N) is 2. The van der Waals surface area contributed by atoms with Crippen molar-refractivity contribution in [3.63, 3.8) is 0 Å². The molecule has 0 aliphatic heterocycles. The minimum Gasteiger partial charge on any atom is -0.456 e. The van der Waals surface area contributed by atoms with E-state index in [-0.39, 0.29) is 5.41 Å². The Morgan fingerprint density at radius 1 is 0.560 bits per heavy atom. The van der Waals surface area contributed by atoms with Gasteiger partial charge >= 0.3 is 0 Å². The normalized spacial score (nSPS) is 13.6. The van der Waals surface area contributed by atoms with Gasteiger partial charge in [0.15, 0.2) is 0 Å². The smallest absolute Gasteiger partial charge is 0.135 e. The number of furan rings is 1. The van der Waals surface area contributed by atoms with Crippen LogP contribution >= 0.6 is 11.3 Å². The Bertz CT molecular complexity index is 2800. The zero-order valence-corrected chi connectivity index (χ0v) is 28.4. The van der Waals surface area contributed by atoms with E-state index in [1.807, 2.05) is 12.1 Å². The molecule has 7 aromatic carbocycles.